The molecule has 1 aromatic rings. The van der Waals surface area contributed by atoms with E-state index in [1.54, 1.807) is 24.3 Å². The van der Waals surface area contributed by atoms with Crippen molar-refractivity contribution in [3.63, 3.8) is 0 Å². The third kappa shape index (κ3) is 2.70. The molecular formula is C17H15ClO4. The molecule has 0 saturated carbocycles. The van der Waals surface area contributed by atoms with Gasteiger partial charge in [0.2, 0.25) is 0 Å². The lowest BCUT2D eigenvalue weighted by atomic mass is 9.80. The van der Waals surface area contributed by atoms with Gasteiger partial charge in [-0.15, -0.1) is 0 Å². The zero-order chi connectivity index (χ0) is 15.9. The van der Waals surface area contributed by atoms with Gasteiger partial charge < -0.3 is 20.1 Å². The molecule has 3 rings (SSSR count). The predicted molar refractivity (Wildman–Crippen MR) is 84.0 cm³/mol. The van der Waals surface area contributed by atoms with Crippen LogP contribution in [0.1, 0.15) is 6.92 Å². The molecule has 1 aromatic carbocycles. The Morgan fingerprint density at radius 1 is 1.05 bits per heavy atom. The number of ether oxygens (including phenoxy) is 1. The molecular weight excluding hydrogens is 304 g/mol. The summed E-state index contributed by atoms with van der Waals surface area (Å²) < 4.78 is 5.74. The topological polar surface area (TPSA) is 69.9 Å². The molecule has 114 valence electrons. The van der Waals surface area contributed by atoms with Crippen LogP contribution in [0.3, 0.4) is 0 Å². The highest BCUT2D eigenvalue weighted by Crippen LogP contribution is 2.37. The Kier molecular flexibility index (Phi) is 3.62. The van der Waals surface area contributed by atoms with E-state index in [0.717, 1.165) is 5.57 Å². The van der Waals surface area contributed by atoms with Gasteiger partial charge in [-0.2, -0.15) is 0 Å². The minimum Gasteiger partial charge on any atom is -0.506 e. The number of hydrogen-bond acceptors (Lipinski definition) is 4. The van der Waals surface area contributed by atoms with Gasteiger partial charge >= 0.3 is 0 Å². The van der Waals surface area contributed by atoms with Crippen molar-refractivity contribution in [3.8, 4) is 11.5 Å². The smallest absolute Gasteiger partial charge is 0.157 e. The highest BCUT2D eigenvalue weighted by molar-refractivity contribution is 6.32. The van der Waals surface area contributed by atoms with Crippen molar-refractivity contribution in [2.45, 2.75) is 6.92 Å². The first-order valence-corrected chi connectivity index (χ1v) is 7.23. The summed E-state index contributed by atoms with van der Waals surface area (Å²) in [5.41, 5.74) is 0.860. The number of fused-ring (bicyclic) bond motifs is 1. The number of halogens is 1. The molecule has 4 nitrogen and oxygen atoms in total. The van der Waals surface area contributed by atoms with Crippen LogP contribution in [0.15, 0.2) is 65.4 Å². The number of allylic oxidation sites excluding steroid dienone is 5. The lowest BCUT2D eigenvalue weighted by Gasteiger charge is -2.28. The Morgan fingerprint density at radius 3 is 2.55 bits per heavy atom. The van der Waals surface area contributed by atoms with Gasteiger partial charge in [0.25, 0.3) is 0 Å². The van der Waals surface area contributed by atoms with E-state index in [1.807, 2.05) is 13.0 Å². The monoisotopic (exact) mass is 318 g/mol. The summed E-state index contributed by atoms with van der Waals surface area (Å²) in [6, 6.07) is 4.67. The van der Waals surface area contributed by atoms with Crippen LogP contribution in [0.2, 0.25) is 5.02 Å². The fourth-order valence-electron chi connectivity index (χ4n) is 2.60. The lowest BCUT2D eigenvalue weighted by molar-refractivity contribution is 0.314. The first kappa shape index (κ1) is 14.6. The van der Waals surface area contributed by atoms with Gasteiger partial charge in [0.15, 0.2) is 11.5 Å². The maximum absolute atomic E-state index is 9.64. The molecule has 0 bridgehead atoms. The van der Waals surface area contributed by atoms with Crippen LogP contribution < -0.4 is 4.74 Å². The normalized spacial score (nSPS) is 23.7. The number of benzene rings is 1. The number of phenolic OH excluding ortho intramolecular Hbond substituents is 1. The van der Waals surface area contributed by atoms with E-state index in [1.165, 1.54) is 12.1 Å². The fraction of sp³-hybridized carbons (Fsp3) is 0.176. The highest BCUT2D eigenvalue weighted by atomic mass is 35.5. The second-order valence-corrected chi connectivity index (χ2v) is 5.80. The fourth-order valence-corrected chi connectivity index (χ4v) is 2.72. The number of aromatic hydroxyl groups is 1. The number of rotatable bonds is 2. The van der Waals surface area contributed by atoms with Crippen molar-refractivity contribution in [2.24, 2.45) is 11.8 Å². The summed E-state index contributed by atoms with van der Waals surface area (Å²) >= 11 is 5.77. The summed E-state index contributed by atoms with van der Waals surface area (Å²) in [7, 11) is 0. The molecule has 2 aliphatic carbocycles. The van der Waals surface area contributed by atoms with E-state index in [4.69, 9.17) is 16.3 Å². The van der Waals surface area contributed by atoms with E-state index < -0.39 is 0 Å². The SMILES string of the molecule is CC1C=C(Oc2ccc(Cl)c(O)c2)C=C2C=C(O)C(O)=CC21. The number of phenols is 1. The highest BCUT2D eigenvalue weighted by Gasteiger charge is 2.27. The third-order valence-corrected chi connectivity index (χ3v) is 4.06. The molecule has 2 atom stereocenters. The van der Waals surface area contributed by atoms with Crippen LogP contribution >= 0.6 is 11.6 Å². The van der Waals surface area contributed by atoms with Gasteiger partial charge in [-0.25, -0.2) is 0 Å². The zero-order valence-electron chi connectivity index (χ0n) is 11.8. The van der Waals surface area contributed by atoms with Gasteiger partial charge in [-0.1, -0.05) is 18.5 Å². The first-order chi connectivity index (χ1) is 10.4. The average molecular weight is 319 g/mol. The van der Waals surface area contributed by atoms with Gasteiger partial charge in [0, 0.05) is 12.0 Å². The molecule has 0 amide bonds. The van der Waals surface area contributed by atoms with E-state index in [-0.39, 0.29) is 34.1 Å². The molecule has 2 unspecified atom stereocenters. The molecule has 0 saturated heterocycles. The Balaban J connectivity index is 1.87. The van der Waals surface area contributed by atoms with E-state index in [2.05, 4.69) is 0 Å². The number of aliphatic hydroxyl groups excluding tert-OH is 2. The zero-order valence-corrected chi connectivity index (χ0v) is 12.6. The Hall–Kier alpha value is -2.33. The Morgan fingerprint density at radius 2 is 1.82 bits per heavy atom. The lowest BCUT2D eigenvalue weighted by Crippen LogP contribution is -2.19. The van der Waals surface area contributed by atoms with Crippen LogP contribution in [-0.4, -0.2) is 15.3 Å². The predicted octanol–water partition coefficient (Wildman–Crippen LogP) is 4.40. The van der Waals surface area contributed by atoms with Crippen molar-refractivity contribution in [3.05, 3.63) is 70.4 Å². The van der Waals surface area contributed by atoms with Crippen LogP contribution in [0.4, 0.5) is 0 Å². The average Bonchev–Trinajstić information content (AvgIpc) is 2.45. The second kappa shape index (κ2) is 5.46. The van der Waals surface area contributed by atoms with Gasteiger partial charge in [0.1, 0.15) is 17.3 Å². The summed E-state index contributed by atoms with van der Waals surface area (Å²) in [6.07, 6.45) is 6.90. The summed E-state index contributed by atoms with van der Waals surface area (Å²) in [6.45, 7) is 2.00. The molecule has 0 radical (unpaired) electrons. The van der Waals surface area contributed by atoms with Gasteiger partial charge in [0.05, 0.1) is 5.02 Å². The van der Waals surface area contributed by atoms with Crippen molar-refractivity contribution in [1.29, 1.82) is 0 Å². The van der Waals surface area contributed by atoms with E-state index in [9.17, 15) is 15.3 Å². The molecule has 0 aliphatic heterocycles. The largest absolute Gasteiger partial charge is 0.506 e. The maximum atomic E-state index is 9.64. The van der Waals surface area contributed by atoms with Crippen LogP contribution in [-0.2, 0) is 0 Å². The number of hydrogen-bond donors (Lipinski definition) is 3. The van der Waals surface area contributed by atoms with Crippen molar-refractivity contribution >= 4 is 11.6 Å². The molecule has 5 heteroatoms. The Bertz CT molecular complexity index is 743. The summed E-state index contributed by atoms with van der Waals surface area (Å²) in [4.78, 5) is 0. The molecule has 0 spiro atoms. The summed E-state index contributed by atoms with van der Waals surface area (Å²) in [5.74, 6) is 0.883. The molecule has 3 N–H and O–H groups in total. The first-order valence-electron chi connectivity index (χ1n) is 6.85. The van der Waals surface area contributed by atoms with Crippen molar-refractivity contribution in [2.75, 3.05) is 0 Å². The number of aliphatic hydroxyl groups is 2. The van der Waals surface area contributed by atoms with Gasteiger partial charge in [-0.05, 0) is 47.9 Å². The van der Waals surface area contributed by atoms with Crippen molar-refractivity contribution in [1.82, 2.24) is 0 Å². The van der Waals surface area contributed by atoms with Crippen LogP contribution in [0, 0.1) is 11.8 Å². The molecule has 0 heterocycles. The van der Waals surface area contributed by atoms with E-state index in [0.29, 0.717) is 11.5 Å². The second-order valence-electron chi connectivity index (χ2n) is 5.40. The minimum absolute atomic E-state index is 0.00173. The molecule has 0 aromatic heterocycles. The van der Waals surface area contributed by atoms with Crippen molar-refractivity contribution < 1.29 is 20.1 Å². The molecule has 22 heavy (non-hydrogen) atoms. The minimum atomic E-state index is -0.153. The maximum Gasteiger partial charge on any atom is 0.157 e. The quantitative estimate of drug-likeness (QED) is 0.756. The standard InChI is InChI=1S/C17H15ClO4/c1-9-4-12(22-11-2-3-14(18)15(19)7-11)5-10-6-16(20)17(21)8-13(9)10/h2-9,13,19-21H,1H3. The van der Waals surface area contributed by atoms with Gasteiger partial charge in [-0.3, -0.25) is 0 Å². The van der Waals surface area contributed by atoms with Crippen LogP contribution in [0.5, 0.6) is 11.5 Å². The van der Waals surface area contributed by atoms with Crippen LogP contribution in [0.25, 0.3) is 0 Å². The summed E-state index contributed by atoms with van der Waals surface area (Å²) in [5, 5.41) is 29.1. The molecule has 2 aliphatic rings. The third-order valence-electron chi connectivity index (χ3n) is 3.74. The van der Waals surface area contributed by atoms with E-state index >= 15 is 0 Å². The molecule has 0 fully saturated rings. The Labute approximate surface area is 132 Å².